The number of benzene rings is 1. The Labute approximate surface area is 136 Å². The number of aryl methyl sites for hydroxylation is 2. The van der Waals surface area contributed by atoms with Gasteiger partial charge in [-0.1, -0.05) is 12.1 Å². The maximum Gasteiger partial charge on any atom is 0.325 e. The zero-order valence-corrected chi connectivity index (χ0v) is 13.5. The van der Waals surface area contributed by atoms with Gasteiger partial charge in [0.2, 0.25) is 5.91 Å². The fourth-order valence-corrected chi connectivity index (χ4v) is 2.75. The van der Waals surface area contributed by atoms with Crippen LogP contribution in [0.5, 0.6) is 0 Å². The first kappa shape index (κ1) is 17.2. The molecular weight excluding hydrogens is 294 g/mol. The Hall–Kier alpha value is -2.17. The molecular formula is C18H23NO4. The molecule has 5 heteroatoms. The SMILES string of the molecule is CCOC(=O)CNC(=O)CCC(=O)c1ccc2c(c1)CCCC2. The van der Waals surface area contributed by atoms with Crippen LogP contribution in [0.3, 0.4) is 0 Å². The molecule has 0 aliphatic heterocycles. The Balaban J connectivity index is 1.80. The molecule has 2 rings (SSSR count). The third kappa shape index (κ3) is 5.20. The first-order valence-electron chi connectivity index (χ1n) is 8.17. The molecule has 5 nitrogen and oxygen atoms in total. The minimum absolute atomic E-state index is 0.0374. The van der Waals surface area contributed by atoms with Crippen LogP contribution in [0.25, 0.3) is 0 Å². The first-order valence-corrected chi connectivity index (χ1v) is 8.17. The number of carbonyl (C=O) groups is 3. The molecule has 0 saturated heterocycles. The summed E-state index contributed by atoms with van der Waals surface area (Å²) < 4.78 is 4.72. The maximum atomic E-state index is 12.2. The number of Topliss-reactive ketones (excluding diaryl/α,β-unsaturated/α-hetero) is 1. The molecule has 0 atom stereocenters. The van der Waals surface area contributed by atoms with Crippen LogP contribution in [-0.2, 0) is 27.2 Å². The van der Waals surface area contributed by atoms with E-state index in [0.29, 0.717) is 5.56 Å². The van der Waals surface area contributed by atoms with E-state index >= 15 is 0 Å². The molecule has 124 valence electrons. The van der Waals surface area contributed by atoms with Crippen molar-refractivity contribution >= 4 is 17.7 Å². The number of hydrogen-bond donors (Lipinski definition) is 1. The fraction of sp³-hybridized carbons (Fsp3) is 0.500. The highest BCUT2D eigenvalue weighted by atomic mass is 16.5. The first-order chi connectivity index (χ1) is 11.1. The second-order valence-electron chi connectivity index (χ2n) is 5.70. The molecule has 0 heterocycles. The van der Waals surface area contributed by atoms with Gasteiger partial charge in [-0.15, -0.1) is 0 Å². The molecule has 0 bridgehead atoms. The summed E-state index contributed by atoms with van der Waals surface area (Å²) in [6, 6.07) is 5.85. The van der Waals surface area contributed by atoms with Gasteiger partial charge in [-0.05, 0) is 49.8 Å². The van der Waals surface area contributed by atoms with E-state index in [1.165, 1.54) is 24.0 Å². The standard InChI is InChI=1S/C18H23NO4/c1-2-23-18(22)12-19-17(21)10-9-16(20)15-8-7-13-5-3-4-6-14(13)11-15/h7-8,11H,2-6,9-10,12H2,1H3,(H,19,21). The van der Waals surface area contributed by atoms with Crippen molar-refractivity contribution < 1.29 is 19.1 Å². The van der Waals surface area contributed by atoms with E-state index in [0.717, 1.165) is 12.8 Å². The van der Waals surface area contributed by atoms with Crippen molar-refractivity contribution in [3.63, 3.8) is 0 Å². The predicted molar refractivity (Wildman–Crippen MR) is 86.3 cm³/mol. The van der Waals surface area contributed by atoms with Crippen LogP contribution < -0.4 is 5.32 Å². The lowest BCUT2D eigenvalue weighted by atomic mass is 9.89. The number of amides is 1. The summed E-state index contributed by atoms with van der Waals surface area (Å²) in [5, 5.41) is 2.46. The topological polar surface area (TPSA) is 72.5 Å². The van der Waals surface area contributed by atoms with Gasteiger partial charge in [-0.25, -0.2) is 0 Å². The summed E-state index contributed by atoms with van der Waals surface area (Å²) >= 11 is 0. The number of fused-ring (bicyclic) bond motifs is 1. The lowest BCUT2D eigenvalue weighted by Crippen LogP contribution is -2.30. The quantitative estimate of drug-likeness (QED) is 0.618. The van der Waals surface area contributed by atoms with Crippen LogP contribution in [-0.4, -0.2) is 30.8 Å². The highest BCUT2D eigenvalue weighted by Gasteiger charge is 2.14. The molecule has 1 aromatic rings. The molecule has 1 aliphatic carbocycles. The summed E-state index contributed by atoms with van der Waals surface area (Å²) in [5.41, 5.74) is 3.26. The summed E-state index contributed by atoms with van der Waals surface area (Å²) in [6.45, 7) is 1.84. The van der Waals surface area contributed by atoms with Gasteiger partial charge < -0.3 is 10.1 Å². The van der Waals surface area contributed by atoms with Crippen LogP contribution in [0.15, 0.2) is 18.2 Å². The Kier molecular flexibility index (Phi) is 6.32. The van der Waals surface area contributed by atoms with Crippen molar-refractivity contribution in [1.82, 2.24) is 5.32 Å². The van der Waals surface area contributed by atoms with Crippen molar-refractivity contribution in [2.24, 2.45) is 0 Å². The molecule has 0 aromatic heterocycles. The van der Waals surface area contributed by atoms with Crippen molar-refractivity contribution in [3.05, 3.63) is 34.9 Å². The molecule has 0 unspecified atom stereocenters. The molecule has 0 spiro atoms. The second-order valence-corrected chi connectivity index (χ2v) is 5.70. The monoisotopic (exact) mass is 317 g/mol. The average Bonchev–Trinajstić information content (AvgIpc) is 2.57. The lowest BCUT2D eigenvalue weighted by molar-refractivity contribution is -0.143. The average molecular weight is 317 g/mol. The van der Waals surface area contributed by atoms with E-state index in [2.05, 4.69) is 5.32 Å². The number of nitrogens with one attached hydrogen (secondary N) is 1. The van der Waals surface area contributed by atoms with E-state index in [1.54, 1.807) is 6.92 Å². The maximum absolute atomic E-state index is 12.2. The molecule has 0 saturated carbocycles. The third-order valence-corrected chi connectivity index (χ3v) is 3.98. The van der Waals surface area contributed by atoms with Crippen LogP contribution in [0.2, 0.25) is 0 Å². The summed E-state index contributed by atoms with van der Waals surface area (Å²) in [7, 11) is 0. The van der Waals surface area contributed by atoms with Crippen molar-refractivity contribution in [2.45, 2.75) is 45.4 Å². The normalized spacial score (nSPS) is 13.1. The highest BCUT2D eigenvalue weighted by Crippen LogP contribution is 2.22. The number of hydrogen-bond acceptors (Lipinski definition) is 4. The van der Waals surface area contributed by atoms with Gasteiger partial charge in [0.15, 0.2) is 5.78 Å². The zero-order valence-electron chi connectivity index (χ0n) is 13.5. The van der Waals surface area contributed by atoms with E-state index in [4.69, 9.17) is 4.74 Å². The molecule has 1 aliphatic rings. The Bertz CT molecular complexity index is 595. The van der Waals surface area contributed by atoms with Crippen LogP contribution in [0, 0.1) is 0 Å². The van der Waals surface area contributed by atoms with Gasteiger partial charge >= 0.3 is 5.97 Å². The minimum Gasteiger partial charge on any atom is -0.465 e. The van der Waals surface area contributed by atoms with Gasteiger partial charge in [0.25, 0.3) is 0 Å². The molecule has 0 fully saturated rings. The zero-order chi connectivity index (χ0) is 16.7. The largest absolute Gasteiger partial charge is 0.465 e. The van der Waals surface area contributed by atoms with Crippen molar-refractivity contribution in [2.75, 3.05) is 13.2 Å². The van der Waals surface area contributed by atoms with Gasteiger partial charge in [0.05, 0.1) is 6.61 Å². The minimum atomic E-state index is -0.470. The molecule has 1 amide bonds. The van der Waals surface area contributed by atoms with Crippen molar-refractivity contribution in [1.29, 1.82) is 0 Å². The van der Waals surface area contributed by atoms with Crippen LogP contribution >= 0.6 is 0 Å². The van der Waals surface area contributed by atoms with Gasteiger partial charge in [0.1, 0.15) is 6.54 Å². The van der Waals surface area contributed by atoms with Crippen LogP contribution in [0.4, 0.5) is 0 Å². The van der Waals surface area contributed by atoms with E-state index < -0.39 is 5.97 Å². The van der Waals surface area contributed by atoms with Crippen molar-refractivity contribution in [3.8, 4) is 0 Å². The van der Waals surface area contributed by atoms with Crippen LogP contribution in [0.1, 0.15) is 54.1 Å². The van der Waals surface area contributed by atoms with E-state index in [9.17, 15) is 14.4 Å². The number of ether oxygens (including phenoxy) is 1. The highest BCUT2D eigenvalue weighted by molar-refractivity contribution is 5.98. The molecule has 23 heavy (non-hydrogen) atoms. The number of esters is 1. The molecule has 1 N–H and O–H groups in total. The Morgan fingerprint density at radius 3 is 2.57 bits per heavy atom. The fourth-order valence-electron chi connectivity index (χ4n) is 2.75. The second kappa shape index (κ2) is 8.46. The number of ketones is 1. The van der Waals surface area contributed by atoms with E-state index in [1.807, 2.05) is 18.2 Å². The predicted octanol–water partition coefficient (Wildman–Crippen LogP) is 2.21. The number of rotatable bonds is 7. The Morgan fingerprint density at radius 1 is 1.09 bits per heavy atom. The van der Waals surface area contributed by atoms with E-state index in [-0.39, 0.29) is 37.7 Å². The van der Waals surface area contributed by atoms with Gasteiger partial charge in [0, 0.05) is 18.4 Å². The summed E-state index contributed by atoms with van der Waals surface area (Å²) in [4.78, 5) is 35.0. The van der Waals surface area contributed by atoms with Gasteiger partial charge in [-0.2, -0.15) is 0 Å². The smallest absolute Gasteiger partial charge is 0.325 e. The lowest BCUT2D eigenvalue weighted by Gasteiger charge is -2.16. The number of carbonyl (C=O) groups excluding carboxylic acids is 3. The Morgan fingerprint density at radius 2 is 1.83 bits per heavy atom. The molecule has 1 aromatic carbocycles. The summed E-state index contributed by atoms with van der Waals surface area (Å²) in [6.07, 6.45) is 4.71. The molecule has 0 radical (unpaired) electrons. The third-order valence-electron chi connectivity index (χ3n) is 3.98. The van der Waals surface area contributed by atoms with Gasteiger partial charge in [-0.3, -0.25) is 14.4 Å². The summed E-state index contributed by atoms with van der Waals surface area (Å²) in [5.74, 6) is -0.823.